The highest BCUT2D eigenvalue weighted by atomic mass is 16.5. The molecule has 162 valence electrons. The molecule has 0 unspecified atom stereocenters. The number of carbonyl (C=O) groups is 2. The van der Waals surface area contributed by atoms with Gasteiger partial charge in [0.25, 0.3) is 5.91 Å². The van der Waals surface area contributed by atoms with E-state index in [2.05, 4.69) is 15.5 Å². The van der Waals surface area contributed by atoms with Gasteiger partial charge in [-0.3, -0.25) is 14.7 Å². The zero-order valence-electron chi connectivity index (χ0n) is 17.9. The van der Waals surface area contributed by atoms with Crippen molar-refractivity contribution in [1.82, 2.24) is 20.4 Å². The topological polar surface area (TPSA) is 96.6 Å². The predicted molar refractivity (Wildman–Crippen MR) is 113 cm³/mol. The Balaban J connectivity index is 1.46. The van der Waals surface area contributed by atoms with E-state index in [4.69, 9.17) is 9.47 Å². The molecular formula is C22H30N4O4. The van der Waals surface area contributed by atoms with Gasteiger partial charge in [0.1, 0.15) is 17.2 Å². The highest BCUT2D eigenvalue weighted by molar-refractivity contribution is 5.92. The van der Waals surface area contributed by atoms with Crippen LogP contribution in [0.5, 0.6) is 11.5 Å². The van der Waals surface area contributed by atoms with E-state index in [0.717, 1.165) is 37.1 Å². The SMILES string of the molecule is COc1ccc(CNC(=O)CC[C@@H]2CCCN(C(=O)c3cc(C)[nH]n3)C2)c(OC)c1. The number of aromatic amines is 1. The fraction of sp³-hybridized carbons (Fsp3) is 0.500. The van der Waals surface area contributed by atoms with Crippen molar-refractivity contribution in [2.45, 2.75) is 39.2 Å². The molecule has 0 radical (unpaired) electrons. The lowest BCUT2D eigenvalue weighted by atomic mass is 9.93. The van der Waals surface area contributed by atoms with Crippen molar-refractivity contribution in [3.8, 4) is 11.5 Å². The molecule has 0 spiro atoms. The third-order valence-electron chi connectivity index (χ3n) is 5.48. The summed E-state index contributed by atoms with van der Waals surface area (Å²) in [6.45, 7) is 3.69. The lowest BCUT2D eigenvalue weighted by Gasteiger charge is -2.32. The van der Waals surface area contributed by atoms with E-state index in [-0.39, 0.29) is 11.8 Å². The molecule has 3 rings (SSSR count). The van der Waals surface area contributed by atoms with Gasteiger partial charge in [-0.2, -0.15) is 5.10 Å². The number of nitrogens with zero attached hydrogens (tertiary/aromatic N) is 2. The molecule has 0 bridgehead atoms. The summed E-state index contributed by atoms with van der Waals surface area (Å²) in [5, 5.41) is 9.84. The number of H-pyrrole nitrogens is 1. The number of benzene rings is 1. The number of hydrogen-bond acceptors (Lipinski definition) is 5. The van der Waals surface area contributed by atoms with E-state index in [1.165, 1.54) is 0 Å². The Kier molecular flexibility index (Phi) is 7.32. The summed E-state index contributed by atoms with van der Waals surface area (Å²) < 4.78 is 10.6. The highest BCUT2D eigenvalue weighted by Crippen LogP contribution is 2.25. The van der Waals surface area contributed by atoms with Crippen LogP contribution < -0.4 is 14.8 Å². The maximum Gasteiger partial charge on any atom is 0.274 e. The molecule has 2 N–H and O–H groups in total. The molecule has 8 heteroatoms. The third-order valence-corrected chi connectivity index (χ3v) is 5.48. The van der Waals surface area contributed by atoms with Gasteiger partial charge in [-0.15, -0.1) is 0 Å². The minimum Gasteiger partial charge on any atom is -0.497 e. The average molecular weight is 415 g/mol. The van der Waals surface area contributed by atoms with Gasteiger partial charge in [0.2, 0.25) is 5.91 Å². The number of methoxy groups -OCH3 is 2. The Morgan fingerprint density at radius 1 is 1.27 bits per heavy atom. The number of hydrogen-bond donors (Lipinski definition) is 2. The first kappa shape index (κ1) is 21.7. The molecule has 1 fully saturated rings. The summed E-state index contributed by atoms with van der Waals surface area (Å²) in [5.41, 5.74) is 2.23. The van der Waals surface area contributed by atoms with Crippen molar-refractivity contribution in [2.75, 3.05) is 27.3 Å². The van der Waals surface area contributed by atoms with E-state index in [1.54, 1.807) is 26.4 Å². The molecule has 1 aliphatic rings. The average Bonchev–Trinajstić information content (AvgIpc) is 3.22. The second kappa shape index (κ2) is 10.1. The predicted octanol–water partition coefficient (Wildman–Crippen LogP) is 2.68. The van der Waals surface area contributed by atoms with Crippen LogP contribution in [0.4, 0.5) is 0 Å². The van der Waals surface area contributed by atoms with Gasteiger partial charge < -0.3 is 19.7 Å². The van der Waals surface area contributed by atoms with Crippen LogP contribution in [-0.2, 0) is 11.3 Å². The van der Waals surface area contributed by atoms with Crippen molar-refractivity contribution in [3.63, 3.8) is 0 Å². The maximum absolute atomic E-state index is 12.6. The fourth-order valence-electron chi connectivity index (χ4n) is 3.79. The molecule has 2 heterocycles. The Morgan fingerprint density at radius 2 is 2.10 bits per heavy atom. The van der Waals surface area contributed by atoms with Crippen molar-refractivity contribution < 1.29 is 19.1 Å². The summed E-state index contributed by atoms with van der Waals surface area (Å²) >= 11 is 0. The number of piperidine rings is 1. The van der Waals surface area contributed by atoms with E-state index in [9.17, 15) is 9.59 Å². The first-order valence-electron chi connectivity index (χ1n) is 10.3. The third kappa shape index (κ3) is 5.52. The van der Waals surface area contributed by atoms with Crippen molar-refractivity contribution in [1.29, 1.82) is 0 Å². The first-order valence-corrected chi connectivity index (χ1v) is 10.3. The fourth-order valence-corrected chi connectivity index (χ4v) is 3.79. The quantitative estimate of drug-likeness (QED) is 0.692. The summed E-state index contributed by atoms with van der Waals surface area (Å²) in [6, 6.07) is 7.31. The normalized spacial score (nSPS) is 16.2. The zero-order chi connectivity index (χ0) is 21.5. The molecule has 30 heavy (non-hydrogen) atoms. The highest BCUT2D eigenvalue weighted by Gasteiger charge is 2.26. The molecule has 2 amide bonds. The van der Waals surface area contributed by atoms with Gasteiger partial charge >= 0.3 is 0 Å². The minimum absolute atomic E-state index is 0.000697. The van der Waals surface area contributed by atoms with Crippen LogP contribution in [0.3, 0.4) is 0 Å². The molecule has 1 aliphatic heterocycles. The van der Waals surface area contributed by atoms with E-state index in [1.807, 2.05) is 24.0 Å². The van der Waals surface area contributed by atoms with Gasteiger partial charge in [-0.1, -0.05) is 0 Å². The molecule has 1 saturated heterocycles. The second-order valence-corrected chi connectivity index (χ2v) is 7.69. The summed E-state index contributed by atoms with van der Waals surface area (Å²) in [6.07, 6.45) is 3.18. The Hall–Kier alpha value is -3.03. The number of amides is 2. The van der Waals surface area contributed by atoms with Gasteiger partial charge in [-0.05, 0) is 50.3 Å². The van der Waals surface area contributed by atoms with Crippen LogP contribution in [0.15, 0.2) is 24.3 Å². The maximum atomic E-state index is 12.6. The largest absolute Gasteiger partial charge is 0.497 e. The molecular weight excluding hydrogens is 384 g/mol. The molecule has 1 aromatic heterocycles. The van der Waals surface area contributed by atoms with Crippen LogP contribution in [0, 0.1) is 12.8 Å². The number of ether oxygens (including phenoxy) is 2. The smallest absolute Gasteiger partial charge is 0.274 e. The van der Waals surface area contributed by atoms with Gasteiger partial charge in [0.05, 0.1) is 14.2 Å². The molecule has 0 aliphatic carbocycles. The van der Waals surface area contributed by atoms with Crippen LogP contribution in [-0.4, -0.2) is 54.2 Å². The summed E-state index contributed by atoms with van der Waals surface area (Å²) in [7, 11) is 3.20. The van der Waals surface area contributed by atoms with E-state index in [0.29, 0.717) is 42.6 Å². The van der Waals surface area contributed by atoms with Crippen LogP contribution in [0.1, 0.15) is 47.4 Å². The van der Waals surface area contributed by atoms with Gasteiger partial charge in [-0.25, -0.2) is 0 Å². The minimum atomic E-state index is -0.0416. The van der Waals surface area contributed by atoms with Gasteiger partial charge in [0, 0.05) is 43.4 Å². The number of nitrogens with one attached hydrogen (secondary N) is 2. The van der Waals surface area contributed by atoms with Crippen LogP contribution in [0.2, 0.25) is 0 Å². The Morgan fingerprint density at radius 3 is 2.80 bits per heavy atom. The number of carbonyl (C=O) groups excluding carboxylic acids is 2. The summed E-state index contributed by atoms with van der Waals surface area (Å²) in [5.74, 6) is 1.68. The summed E-state index contributed by atoms with van der Waals surface area (Å²) in [4.78, 5) is 26.8. The molecule has 1 atom stereocenters. The van der Waals surface area contributed by atoms with E-state index < -0.39 is 0 Å². The number of likely N-dealkylation sites (tertiary alicyclic amines) is 1. The number of aromatic nitrogens is 2. The number of aryl methyl sites for hydroxylation is 1. The Bertz CT molecular complexity index is 880. The molecule has 2 aromatic rings. The molecule has 8 nitrogen and oxygen atoms in total. The monoisotopic (exact) mass is 414 g/mol. The van der Waals surface area contributed by atoms with E-state index >= 15 is 0 Å². The van der Waals surface area contributed by atoms with Crippen LogP contribution >= 0.6 is 0 Å². The van der Waals surface area contributed by atoms with Gasteiger partial charge in [0.15, 0.2) is 0 Å². The lowest BCUT2D eigenvalue weighted by molar-refractivity contribution is -0.121. The molecule has 1 aromatic carbocycles. The Labute approximate surface area is 176 Å². The van der Waals surface area contributed by atoms with Crippen molar-refractivity contribution in [2.24, 2.45) is 5.92 Å². The van der Waals surface area contributed by atoms with Crippen molar-refractivity contribution in [3.05, 3.63) is 41.2 Å². The second-order valence-electron chi connectivity index (χ2n) is 7.69. The first-order chi connectivity index (χ1) is 14.5. The zero-order valence-corrected chi connectivity index (χ0v) is 17.9. The molecule has 0 saturated carbocycles. The number of rotatable bonds is 8. The van der Waals surface area contributed by atoms with Crippen molar-refractivity contribution >= 4 is 11.8 Å². The standard InChI is InChI=1S/C22H30N4O4/c1-15-11-19(25-24-15)22(28)26-10-4-5-16(14-26)6-9-21(27)23-13-17-7-8-18(29-2)12-20(17)30-3/h7-8,11-12,16H,4-6,9-10,13-14H2,1-3H3,(H,23,27)(H,24,25)/t16-/m0/s1. The van der Waals surface area contributed by atoms with Crippen LogP contribution in [0.25, 0.3) is 0 Å². The lowest BCUT2D eigenvalue weighted by Crippen LogP contribution is -2.40.